The van der Waals surface area contributed by atoms with E-state index in [9.17, 15) is 0 Å². The van der Waals surface area contributed by atoms with Crippen LogP contribution in [0.3, 0.4) is 0 Å². The van der Waals surface area contributed by atoms with Crippen LogP contribution in [-0.4, -0.2) is 23.6 Å². The highest BCUT2D eigenvalue weighted by molar-refractivity contribution is 9.11. The van der Waals surface area contributed by atoms with Crippen LogP contribution >= 0.6 is 31.9 Å². The van der Waals surface area contributed by atoms with Crippen molar-refractivity contribution in [3.05, 3.63) is 32.8 Å². The van der Waals surface area contributed by atoms with Gasteiger partial charge in [0.15, 0.2) is 0 Å². The fraction of sp³-hybridized carbons (Fsp3) is 0.286. The molecule has 1 aromatic heterocycles. The van der Waals surface area contributed by atoms with Gasteiger partial charge in [0, 0.05) is 28.8 Å². The van der Waals surface area contributed by atoms with E-state index >= 15 is 0 Å². The second kappa shape index (κ2) is 7.09. The standard InChI is InChI=1S/C14H16Br2N4O/c1-4-17-14-18-8(2)5-13(20-14)19-11-7-12(21-3)10(16)6-9(11)15/h5-7H,4H2,1-3H3,(H2,17,18,19,20). The Hall–Kier alpha value is -1.34. The molecule has 0 spiro atoms. The Morgan fingerprint density at radius 2 is 1.90 bits per heavy atom. The van der Waals surface area contributed by atoms with E-state index in [0.717, 1.165) is 38.4 Å². The SMILES string of the molecule is CCNc1nc(C)cc(Nc2cc(OC)c(Br)cc2Br)n1. The quantitative estimate of drug-likeness (QED) is 0.753. The Labute approximate surface area is 140 Å². The molecular weight excluding hydrogens is 400 g/mol. The lowest BCUT2D eigenvalue weighted by atomic mass is 10.3. The van der Waals surface area contributed by atoms with Crippen LogP contribution in [0.25, 0.3) is 0 Å². The zero-order valence-corrected chi connectivity index (χ0v) is 15.2. The van der Waals surface area contributed by atoms with E-state index in [4.69, 9.17) is 4.74 Å². The molecule has 21 heavy (non-hydrogen) atoms. The lowest BCUT2D eigenvalue weighted by molar-refractivity contribution is 0.412. The van der Waals surface area contributed by atoms with E-state index in [1.807, 2.05) is 32.0 Å². The minimum Gasteiger partial charge on any atom is -0.495 e. The molecule has 0 saturated heterocycles. The van der Waals surface area contributed by atoms with E-state index in [0.29, 0.717) is 5.95 Å². The van der Waals surface area contributed by atoms with Gasteiger partial charge < -0.3 is 15.4 Å². The minimum absolute atomic E-state index is 0.611. The number of ether oxygens (including phenoxy) is 1. The highest BCUT2D eigenvalue weighted by Gasteiger charge is 2.09. The number of nitrogens with zero attached hydrogens (tertiary/aromatic N) is 2. The van der Waals surface area contributed by atoms with Gasteiger partial charge in [-0.05, 0) is 51.8 Å². The molecule has 0 fully saturated rings. The molecule has 0 aliphatic carbocycles. The summed E-state index contributed by atoms with van der Waals surface area (Å²) in [5.74, 6) is 2.09. The molecule has 2 rings (SSSR count). The van der Waals surface area contributed by atoms with Gasteiger partial charge in [-0.25, -0.2) is 4.98 Å². The Kier molecular flexibility index (Phi) is 5.41. The predicted octanol–water partition coefficient (Wildman–Crippen LogP) is 4.49. The molecule has 0 bridgehead atoms. The van der Waals surface area contributed by atoms with Crippen molar-refractivity contribution < 1.29 is 4.74 Å². The summed E-state index contributed by atoms with van der Waals surface area (Å²) in [7, 11) is 1.63. The van der Waals surface area contributed by atoms with Crippen LogP contribution in [-0.2, 0) is 0 Å². The van der Waals surface area contributed by atoms with E-state index in [1.54, 1.807) is 7.11 Å². The molecular formula is C14H16Br2N4O. The molecule has 0 aliphatic heterocycles. The van der Waals surface area contributed by atoms with Crippen LogP contribution in [0.5, 0.6) is 5.75 Å². The Bertz CT molecular complexity index is 649. The lowest BCUT2D eigenvalue weighted by Crippen LogP contribution is -2.05. The molecule has 5 nitrogen and oxygen atoms in total. The number of methoxy groups -OCH3 is 1. The van der Waals surface area contributed by atoms with Crippen molar-refractivity contribution in [3.8, 4) is 5.75 Å². The highest BCUT2D eigenvalue weighted by Crippen LogP contribution is 2.35. The van der Waals surface area contributed by atoms with Gasteiger partial charge in [0.1, 0.15) is 11.6 Å². The fourth-order valence-corrected chi connectivity index (χ4v) is 3.04. The van der Waals surface area contributed by atoms with E-state index < -0.39 is 0 Å². The summed E-state index contributed by atoms with van der Waals surface area (Å²) in [5.41, 5.74) is 1.76. The van der Waals surface area contributed by atoms with Gasteiger partial charge in [0.2, 0.25) is 5.95 Å². The molecule has 0 radical (unpaired) electrons. The first-order valence-corrected chi connectivity index (χ1v) is 8.01. The Morgan fingerprint density at radius 3 is 2.57 bits per heavy atom. The summed E-state index contributed by atoms with van der Waals surface area (Å²) in [5, 5.41) is 6.39. The molecule has 0 saturated carbocycles. The zero-order chi connectivity index (χ0) is 15.4. The monoisotopic (exact) mass is 414 g/mol. The van der Waals surface area contributed by atoms with Gasteiger partial charge in [-0.15, -0.1) is 0 Å². The second-order valence-electron chi connectivity index (χ2n) is 4.34. The van der Waals surface area contributed by atoms with Gasteiger partial charge in [-0.1, -0.05) is 0 Å². The summed E-state index contributed by atoms with van der Waals surface area (Å²) in [6.45, 7) is 4.72. The minimum atomic E-state index is 0.611. The summed E-state index contributed by atoms with van der Waals surface area (Å²) in [4.78, 5) is 8.76. The normalized spacial score (nSPS) is 10.3. The topological polar surface area (TPSA) is 59.1 Å². The largest absolute Gasteiger partial charge is 0.495 e. The molecule has 0 unspecified atom stereocenters. The van der Waals surface area contributed by atoms with Crippen LogP contribution in [0.15, 0.2) is 27.1 Å². The number of hydrogen-bond donors (Lipinski definition) is 2. The number of nitrogens with one attached hydrogen (secondary N) is 2. The Balaban J connectivity index is 2.33. The number of rotatable bonds is 5. The third-order valence-corrected chi connectivity index (χ3v) is 3.97. The van der Waals surface area contributed by atoms with Crippen LogP contribution in [0.4, 0.5) is 17.5 Å². The van der Waals surface area contributed by atoms with E-state index in [2.05, 4.69) is 52.5 Å². The molecule has 0 atom stereocenters. The van der Waals surface area contributed by atoms with Crippen molar-refractivity contribution in [2.24, 2.45) is 0 Å². The van der Waals surface area contributed by atoms with Crippen molar-refractivity contribution in [3.63, 3.8) is 0 Å². The highest BCUT2D eigenvalue weighted by atomic mass is 79.9. The van der Waals surface area contributed by atoms with Crippen molar-refractivity contribution in [1.82, 2.24) is 9.97 Å². The summed E-state index contributed by atoms with van der Waals surface area (Å²) < 4.78 is 7.11. The van der Waals surface area contributed by atoms with Gasteiger partial charge in [-0.2, -0.15) is 4.98 Å². The summed E-state index contributed by atoms with van der Waals surface area (Å²) in [6, 6.07) is 5.72. The lowest BCUT2D eigenvalue weighted by Gasteiger charge is -2.12. The van der Waals surface area contributed by atoms with Crippen molar-refractivity contribution >= 4 is 49.3 Å². The number of anilines is 3. The van der Waals surface area contributed by atoms with Crippen molar-refractivity contribution in [1.29, 1.82) is 0 Å². The maximum absolute atomic E-state index is 5.31. The molecule has 2 aromatic rings. The second-order valence-corrected chi connectivity index (χ2v) is 6.05. The van der Waals surface area contributed by atoms with Crippen LogP contribution < -0.4 is 15.4 Å². The molecule has 1 aromatic carbocycles. The van der Waals surface area contributed by atoms with E-state index in [1.165, 1.54) is 0 Å². The average molecular weight is 416 g/mol. The van der Waals surface area contributed by atoms with Crippen molar-refractivity contribution in [2.45, 2.75) is 13.8 Å². The molecule has 7 heteroatoms. The maximum atomic E-state index is 5.31. The fourth-order valence-electron chi connectivity index (χ4n) is 1.79. The zero-order valence-electron chi connectivity index (χ0n) is 12.0. The number of hydrogen-bond acceptors (Lipinski definition) is 5. The first-order valence-electron chi connectivity index (χ1n) is 6.43. The summed E-state index contributed by atoms with van der Waals surface area (Å²) in [6.07, 6.45) is 0. The number of benzene rings is 1. The maximum Gasteiger partial charge on any atom is 0.224 e. The predicted molar refractivity (Wildman–Crippen MR) is 92.6 cm³/mol. The van der Waals surface area contributed by atoms with Gasteiger partial charge in [-0.3, -0.25) is 0 Å². The summed E-state index contributed by atoms with van der Waals surface area (Å²) >= 11 is 6.98. The van der Waals surface area contributed by atoms with Gasteiger partial charge in [0.05, 0.1) is 17.3 Å². The third kappa shape index (κ3) is 4.07. The first kappa shape index (κ1) is 16.0. The van der Waals surface area contributed by atoms with Crippen molar-refractivity contribution in [2.75, 3.05) is 24.3 Å². The molecule has 112 valence electrons. The average Bonchev–Trinajstić information content (AvgIpc) is 2.41. The van der Waals surface area contributed by atoms with Crippen LogP contribution in [0, 0.1) is 6.92 Å². The number of aromatic nitrogens is 2. The number of aryl methyl sites for hydroxylation is 1. The van der Waals surface area contributed by atoms with E-state index in [-0.39, 0.29) is 0 Å². The van der Waals surface area contributed by atoms with Gasteiger partial charge >= 0.3 is 0 Å². The third-order valence-electron chi connectivity index (χ3n) is 2.69. The smallest absolute Gasteiger partial charge is 0.224 e. The first-order chi connectivity index (χ1) is 10.0. The molecule has 0 aliphatic rings. The van der Waals surface area contributed by atoms with Gasteiger partial charge in [0.25, 0.3) is 0 Å². The Morgan fingerprint density at radius 1 is 1.14 bits per heavy atom. The molecule has 2 N–H and O–H groups in total. The van der Waals surface area contributed by atoms with Crippen LogP contribution in [0.1, 0.15) is 12.6 Å². The van der Waals surface area contributed by atoms with Crippen LogP contribution in [0.2, 0.25) is 0 Å². The molecule has 0 amide bonds. The molecule has 1 heterocycles. The number of halogens is 2.